The van der Waals surface area contributed by atoms with Crippen LogP contribution in [0.1, 0.15) is 61.2 Å². The number of halogens is 1. The van der Waals surface area contributed by atoms with Gasteiger partial charge in [0, 0.05) is 24.1 Å². The number of aliphatic hydroxyl groups excluding tert-OH is 1. The molecule has 5 heteroatoms. The van der Waals surface area contributed by atoms with Gasteiger partial charge in [-0.3, -0.25) is 0 Å². The van der Waals surface area contributed by atoms with E-state index in [4.69, 9.17) is 26.2 Å². The van der Waals surface area contributed by atoms with Crippen LogP contribution < -0.4 is 4.74 Å². The normalized spacial score (nSPS) is 16.0. The van der Waals surface area contributed by atoms with Crippen LogP contribution in [0.25, 0.3) is 11.1 Å². The van der Waals surface area contributed by atoms with E-state index in [0.29, 0.717) is 17.9 Å². The summed E-state index contributed by atoms with van der Waals surface area (Å²) in [6, 6.07) is 20.2. The van der Waals surface area contributed by atoms with Gasteiger partial charge in [-0.15, -0.1) is 0 Å². The molecule has 176 valence electrons. The molecule has 4 nitrogen and oxygen atoms in total. The SMILES string of the molecule is CC.CO.COc1c(C)cccc1C1OC(CCC=O)c2ccccc2-c2ccc(Cl)cc21. The predicted molar refractivity (Wildman–Crippen MR) is 135 cm³/mol. The minimum atomic E-state index is -0.359. The average molecular weight is 469 g/mol. The van der Waals surface area contributed by atoms with Crippen LogP contribution in [0.15, 0.2) is 60.7 Å². The number of hydrogen-bond acceptors (Lipinski definition) is 4. The van der Waals surface area contributed by atoms with Gasteiger partial charge in [-0.2, -0.15) is 0 Å². The molecule has 0 aromatic heterocycles. The number of methoxy groups -OCH3 is 1. The molecule has 0 spiro atoms. The predicted octanol–water partition coefficient (Wildman–Crippen LogP) is 7.10. The van der Waals surface area contributed by atoms with Crippen LogP contribution in [0, 0.1) is 6.92 Å². The zero-order chi connectivity index (χ0) is 24.4. The van der Waals surface area contributed by atoms with Crippen LogP contribution in [0.3, 0.4) is 0 Å². The number of fused-ring (bicyclic) bond motifs is 3. The van der Waals surface area contributed by atoms with E-state index in [1.165, 1.54) is 0 Å². The summed E-state index contributed by atoms with van der Waals surface area (Å²) in [6.45, 7) is 6.02. The highest BCUT2D eigenvalue weighted by Crippen LogP contribution is 2.48. The Morgan fingerprint density at radius 1 is 0.970 bits per heavy atom. The standard InChI is InChI=1S/C25H23ClO3.C2H6.CH4O/c1-16-7-5-10-21(24(16)28-2)25-22-15-17(26)12-13-19(22)18-8-3-4-9-20(18)23(29-25)11-6-14-27;2*1-2/h3-5,7-10,12-15,23,25H,6,11H2,1-2H3;1-2H3;2H,1H3. The number of hydrogen-bond donors (Lipinski definition) is 1. The number of para-hydroxylation sites is 1. The number of aliphatic hydroxyl groups is 1. The third-order valence-electron chi connectivity index (χ3n) is 5.47. The molecule has 4 rings (SSSR count). The maximum atomic E-state index is 11.1. The first kappa shape index (κ1) is 26.6. The Morgan fingerprint density at radius 2 is 1.64 bits per heavy atom. The maximum Gasteiger partial charge on any atom is 0.127 e. The maximum absolute atomic E-state index is 11.1. The first-order chi connectivity index (χ1) is 16.1. The van der Waals surface area contributed by atoms with Gasteiger partial charge < -0.3 is 19.4 Å². The molecular formula is C28H33ClO4. The smallest absolute Gasteiger partial charge is 0.127 e. The Kier molecular flexibility index (Phi) is 10.6. The molecule has 1 N–H and O–H groups in total. The second kappa shape index (κ2) is 13.1. The number of carbonyl (C=O) groups is 1. The van der Waals surface area contributed by atoms with E-state index in [1.807, 2.05) is 63.2 Å². The van der Waals surface area contributed by atoms with Crippen molar-refractivity contribution in [3.8, 4) is 16.9 Å². The van der Waals surface area contributed by atoms with E-state index in [0.717, 1.165) is 52.5 Å². The Bertz CT molecular complexity index is 1050. The van der Waals surface area contributed by atoms with Gasteiger partial charge in [-0.1, -0.05) is 74.0 Å². The quantitative estimate of drug-likeness (QED) is 0.406. The zero-order valence-electron chi connectivity index (χ0n) is 20.0. The zero-order valence-corrected chi connectivity index (χ0v) is 20.7. The topological polar surface area (TPSA) is 55.8 Å². The molecule has 2 unspecified atom stereocenters. The van der Waals surface area contributed by atoms with E-state index in [9.17, 15) is 4.79 Å². The van der Waals surface area contributed by atoms with Crippen LogP contribution in [-0.4, -0.2) is 25.6 Å². The number of ether oxygens (including phenoxy) is 2. The van der Waals surface area contributed by atoms with E-state index in [2.05, 4.69) is 18.2 Å². The summed E-state index contributed by atoms with van der Waals surface area (Å²) in [5, 5.41) is 7.66. The lowest BCUT2D eigenvalue weighted by Crippen LogP contribution is -2.12. The summed E-state index contributed by atoms with van der Waals surface area (Å²) in [5.74, 6) is 0.809. The van der Waals surface area contributed by atoms with Crippen molar-refractivity contribution >= 4 is 17.9 Å². The van der Waals surface area contributed by atoms with E-state index in [-0.39, 0.29) is 12.2 Å². The van der Waals surface area contributed by atoms with E-state index in [1.54, 1.807) is 7.11 Å². The van der Waals surface area contributed by atoms with Gasteiger partial charge >= 0.3 is 0 Å². The highest BCUT2D eigenvalue weighted by molar-refractivity contribution is 6.30. The van der Waals surface area contributed by atoms with Gasteiger partial charge in [0.25, 0.3) is 0 Å². The lowest BCUT2D eigenvalue weighted by atomic mass is 9.90. The molecule has 3 aromatic rings. The Labute approximate surface area is 202 Å². The van der Waals surface area contributed by atoms with Crippen LogP contribution in [0.4, 0.5) is 0 Å². The first-order valence-corrected chi connectivity index (χ1v) is 11.6. The summed E-state index contributed by atoms with van der Waals surface area (Å²) in [7, 11) is 2.68. The van der Waals surface area contributed by atoms with Crippen molar-refractivity contribution < 1.29 is 19.4 Å². The third kappa shape index (κ3) is 5.83. The molecule has 0 fully saturated rings. The highest BCUT2D eigenvalue weighted by atomic mass is 35.5. The van der Waals surface area contributed by atoms with Crippen molar-refractivity contribution in [3.05, 3.63) is 87.9 Å². The van der Waals surface area contributed by atoms with Gasteiger partial charge in [0.2, 0.25) is 0 Å². The van der Waals surface area contributed by atoms with E-state index >= 15 is 0 Å². The summed E-state index contributed by atoms with van der Waals surface area (Å²) in [4.78, 5) is 11.1. The summed E-state index contributed by atoms with van der Waals surface area (Å²) in [6.07, 6.45) is 1.43. The van der Waals surface area contributed by atoms with Crippen molar-refractivity contribution in [3.63, 3.8) is 0 Å². The van der Waals surface area contributed by atoms with Crippen molar-refractivity contribution in [1.82, 2.24) is 0 Å². The highest BCUT2D eigenvalue weighted by Gasteiger charge is 2.32. The minimum absolute atomic E-state index is 0.210. The third-order valence-corrected chi connectivity index (χ3v) is 5.71. The Balaban J connectivity index is 0.000000914. The largest absolute Gasteiger partial charge is 0.496 e. The molecule has 0 bridgehead atoms. The van der Waals surface area contributed by atoms with Gasteiger partial charge in [-0.25, -0.2) is 0 Å². The van der Waals surface area contributed by atoms with Crippen molar-refractivity contribution in [2.75, 3.05) is 14.2 Å². The van der Waals surface area contributed by atoms with Crippen LogP contribution in [-0.2, 0) is 9.53 Å². The lowest BCUT2D eigenvalue weighted by molar-refractivity contribution is -0.108. The van der Waals surface area contributed by atoms with E-state index < -0.39 is 0 Å². The second-order valence-corrected chi connectivity index (χ2v) is 7.70. The molecule has 0 radical (unpaired) electrons. The van der Waals surface area contributed by atoms with Crippen molar-refractivity contribution in [2.24, 2.45) is 0 Å². The monoisotopic (exact) mass is 468 g/mol. The second-order valence-electron chi connectivity index (χ2n) is 7.26. The van der Waals surface area contributed by atoms with Gasteiger partial charge in [0.15, 0.2) is 0 Å². The molecule has 33 heavy (non-hydrogen) atoms. The molecule has 3 aromatic carbocycles. The summed E-state index contributed by atoms with van der Waals surface area (Å²) >= 11 is 6.40. The van der Waals surface area contributed by atoms with Crippen LogP contribution >= 0.6 is 11.6 Å². The molecule has 0 saturated carbocycles. The number of aryl methyl sites for hydroxylation is 1. The number of benzene rings is 3. The van der Waals surface area contributed by atoms with Crippen molar-refractivity contribution in [1.29, 1.82) is 0 Å². The van der Waals surface area contributed by atoms with Gasteiger partial charge in [0.1, 0.15) is 18.1 Å². The molecule has 0 amide bonds. The Hall–Kier alpha value is -2.66. The van der Waals surface area contributed by atoms with Gasteiger partial charge in [-0.05, 0) is 53.3 Å². The molecular weight excluding hydrogens is 436 g/mol. The van der Waals surface area contributed by atoms with Crippen LogP contribution in [0.2, 0.25) is 5.02 Å². The molecule has 2 atom stereocenters. The fourth-order valence-corrected chi connectivity index (χ4v) is 4.35. The lowest BCUT2D eigenvalue weighted by Gasteiger charge is -2.26. The minimum Gasteiger partial charge on any atom is -0.496 e. The number of aldehydes is 1. The molecule has 0 saturated heterocycles. The average Bonchev–Trinajstić information content (AvgIpc) is 2.99. The summed E-state index contributed by atoms with van der Waals surface area (Å²) < 4.78 is 12.4. The molecule has 1 aliphatic heterocycles. The number of carbonyl (C=O) groups excluding carboxylic acids is 1. The summed E-state index contributed by atoms with van der Waals surface area (Å²) in [5.41, 5.74) is 6.30. The van der Waals surface area contributed by atoms with Crippen LogP contribution in [0.5, 0.6) is 5.75 Å². The van der Waals surface area contributed by atoms with Crippen molar-refractivity contribution in [2.45, 2.75) is 45.8 Å². The molecule has 1 aliphatic rings. The number of rotatable bonds is 5. The fourth-order valence-electron chi connectivity index (χ4n) is 4.17. The molecule has 0 aliphatic carbocycles. The fraction of sp³-hybridized carbons (Fsp3) is 0.321. The first-order valence-electron chi connectivity index (χ1n) is 11.2. The Morgan fingerprint density at radius 3 is 2.33 bits per heavy atom. The van der Waals surface area contributed by atoms with Gasteiger partial charge in [0.05, 0.1) is 13.2 Å². The molecule has 1 heterocycles.